The van der Waals surface area contributed by atoms with Gasteiger partial charge < -0.3 is 16.0 Å². The molecule has 19 heavy (non-hydrogen) atoms. The van der Waals surface area contributed by atoms with E-state index in [1.165, 1.54) is 25.7 Å². The van der Waals surface area contributed by atoms with Crippen molar-refractivity contribution in [3.05, 3.63) is 0 Å². The molecule has 1 saturated carbocycles. The van der Waals surface area contributed by atoms with Crippen LogP contribution in [0, 0.1) is 11.8 Å². The van der Waals surface area contributed by atoms with Crippen LogP contribution in [-0.2, 0) is 4.79 Å². The van der Waals surface area contributed by atoms with Crippen molar-refractivity contribution in [1.29, 1.82) is 0 Å². The molecule has 0 radical (unpaired) electrons. The Balaban J connectivity index is 2.51. The van der Waals surface area contributed by atoms with Gasteiger partial charge >= 0.3 is 0 Å². The van der Waals surface area contributed by atoms with Crippen LogP contribution in [0.2, 0.25) is 0 Å². The Bertz CT molecular complexity index is 283. The van der Waals surface area contributed by atoms with E-state index in [1.54, 1.807) is 0 Å². The van der Waals surface area contributed by atoms with E-state index in [9.17, 15) is 4.79 Å². The summed E-state index contributed by atoms with van der Waals surface area (Å²) >= 11 is 0. The molecular formula is C15H31N3O. The van der Waals surface area contributed by atoms with E-state index in [0.717, 1.165) is 13.0 Å². The summed E-state index contributed by atoms with van der Waals surface area (Å²) in [5.41, 5.74) is 5.89. The molecule has 1 fully saturated rings. The van der Waals surface area contributed by atoms with E-state index in [2.05, 4.69) is 38.2 Å². The smallest absolute Gasteiger partial charge is 0.224 e. The molecule has 0 aromatic rings. The molecule has 0 aliphatic heterocycles. The van der Waals surface area contributed by atoms with Gasteiger partial charge in [-0.25, -0.2) is 0 Å². The van der Waals surface area contributed by atoms with Gasteiger partial charge in [0.15, 0.2) is 0 Å². The van der Waals surface area contributed by atoms with Crippen LogP contribution < -0.4 is 11.1 Å². The number of amides is 1. The van der Waals surface area contributed by atoms with Gasteiger partial charge in [-0.05, 0) is 39.3 Å². The minimum atomic E-state index is -0.0411. The van der Waals surface area contributed by atoms with Gasteiger partial charge in [0, 0.05) is 18.6 Å². The summed E-state index contributed by atoms with van der Waals surface area (Å²) in [6.45, 7) is 5.47. The van der Waals surface area contributed by atoms with Crippen molar-refractivity contribution >= 4 is 5.91 Å². The summed E-state index contributed by atoms with van der Waals surface area (Å²) in [5.74, 6) is 0.596. The maximum absolute atomic E-state index is 12.2. The van der Waals surface area contributed by atoms with Crippen molar-refractivity contribution in [3.63, 3.8) is 0 Å². The molecule has 1 rings (SSSR count). The molecule has 1 unspecified atom stereocenters. The average molecular weight is 269 g/mol. The third-order valence-electron chi connectivity index (χ3n) is 4.49. The van der Waals surface area contributed by atoms with Crippen molar-refractivity contribution < 1.29 is 4.79 Å². The molecule has 4 heteroatoms. The minimum Gasteiger partial charge on any atom is -0.354 e. The second-order valence-electron chi connectivity index (χ2n) is 6.61. The lowest BCUT2D eigenvalue weighted by Gasteiger charge is -2.37. The van der Waals surface area contributed by atoms with Crippen LogP contribution in [0.1, 0.15) is 46.0 Å². The van der Waals surface area contributed by atoms with Gasteiger partial charge in [-0.3, -0.25) is 4.79 Å². The summed E-state index contributed by atoms with van der Waals surface area (Å²) in [5, 5.41) is 3.14. The normalized spacial score (nSPS) is 19.9. The maximum Gasteiger partial charge on any atom is 0.224 e. The van der Waals surface area contributed by atoms with Gasteiger partial charge in [-0.2, -0.15) is 0 Å². The van der Waals surface area contributed by atoms with Crippen molar-refractivity contribution in [2.24, 2.45) is 17.6 Å². The topological polar surface area (TPSA) is 58.4 Å². The molecule has 0 bridgehead atoms. The number of likely N-dealkylation sites (N-methyl/N-ethyl adjacent to an activating group) is 1. The highest BCUT2D eigenvalue weighted by atomic mass is 16.1. The van der Waals surface area contributed by atoms with Crippen molar-refractivity contribution in [2.45, 2.75) is 51.5 Å². The third kappa shape index (κ3) is 4.46. The van der Waals surface area contributed by atoms with Gasteiger partial charge in [-0.1, -0.05) is 26.7 Å². The predicted molar refractivity (Wildman–Crippen MR) is 79.9 cm³/mol. The van der Waals surface area contributed by atoms with E-state index in [1.807, 2.05) is 0 Å². The second kappa shape index (κ2) is 7.25. The fraction of sp³-hybridized carbons (Fsp3) is 0.933. The molecule has 0 saturated heterocycles. The van der Waals surface area contributed by atoms with Crippen molar-refractivity contribution in [3.8, 4) is 0 Å². The predicted octanol–water partition coefficient (Wildman–Crippen LogP) is 1.60. The van der Waals surface area contributed by atoms with Gasteiger partial charge in [0.1, 0.15) is 0 Å². The first-order valence-electron chi connectivity index (χ1n) is 7.56. The van der Waals surface area contributed by atoms with Crippen LogP contribution in [0.4, 0.5) is 0 Å². The van der Waals surface area contributed by atoms with Gasteiger partial charge in [0.2, 0.25) is 5.91 Å². The maximum atomic E-state index is 12.2. The molecule has 1 atom stereocenters. The fourth-order valence-corrected chi connectivity index (χ4v) is 3.09. The number of carbonyl (C=O) groups excluding carboxylic acids is 1. The standard InChI is InChI=1S/C15H31N3O/c1-12(2)9-13(10-16)14(19)17-11-15(18(3)4)7-5-6-8-15/h12-13H,5-11,16H2,1-4H3,(H,17,19). The van der Waals surface area contributed by atoms with Gasteiger partial charge in [0.25, 0.3) is 0 Å². The highest BCUT2D eigenvalue weighted by molar-refractivity contribution is 5.79. The molecule has 112 valence electrons. The lowest BCUT2D eigenvalue weighted by Crippen LogP contribution is -2.52. The number of rotatable bonds is 7. The van der Waals surface area contributed by atoms with Crippen LogP contribution in [-0.4, -0.2) is 43.5 Å². The van der Waals surface area contributed by atoms with Crippen LogP contribution in [0.3, 0.4) is 0 Å². The molecule has 0 spiro atoms. The third-order valence-corrected chi connectivity index (χ3v) is 4.49. The van der Waals surface area contributed by atoms with Crippen molar-refractivity contribution in [2.75, 3.05) is 27.2 Å². The molecule has 1 aliphatic carbocycles. The lowest BCUT2D eigenvalue weighted by atomic mass is 9.93. The zero-order valence-corrected chi connectivity index (χ0v) is 13.0. The second-order valence-corrected chi connectivity index (χ2v) is 6.61. The molecule has 0 aromatic carbocycles. The number of nitrogens with zero attached hydrogens (tertiary/aromatic N) is 1. The minimum absolute atomic E-state index is 0.0411. The molecule has 1 aliphatic rings. The zero-order valence-electron chi connectivity index (χ0n) is 13.0. The lowest BCUT2D eigenvalue weighted by molar-refractivity contribution is -0.125. The summed E-state index contributed by atoms with van der Waals surface area (Å²) in [6.07, 6.45) is 5.76. The Labute approximate surface area is 118 Å². The molecule has 1 amide bonds. The van der Waals surface area contributed by atoms with E-state index < -0.39 is 0 Å². The van der Waals surface area contributed by atoms with Crippen LogP contribution in [0.5, 0.6) is 0 Å². The van der Waals surface area contributed by atoms with E-state index in [0.29, 0.717) is 12.5 Å². The van der Waals surface area contributed by atoms with Gasteiger partial charge in [0.05, 0.1) is 5.92 Å². The summed E-state index contributed by atoms with van der Waals surface area (Å²) in [7, 11) is 4.23. The monoisotopic (exact) mass is 269 g/mol. The largest absolute Gasteiger partial charge is 0.354 e. The van der Waals surface area contributed by atoms with Crippen LogP contribution >= 0.6 is 0 Å². The van der Waals surface area contributed by atoms with Crippen molar-refractivity contribution in [1.82, 2.24) is 10.2 Å². The average Bonchev–Trinajstić information content (AvgIpc) is 2.82. The Morgan fingerprint density at radius 2 is 1.89 bits per heavy atom. The number of nitrogens with one attached hydrogen (secondary N) is 1. The Kier molecular flexibility index (Phi) is 6.27. The van der Waals surface area contributed by atoms with Crippen LogP contribution in [0.15, 0.2) is 0 Å². The Hall–Kier alpha value is -0.610. The summed E-state index contributed by atoms with van der Waals surface area (Å²) in [4.78, 5) is 14.5. The number of hydrogen-bond acceptors (Lipinski definition) is 3. The first-order chi connectivity index (χ1) is 8.91. The molecule has 4 nitrogen and oxygen atoms in total. The van der Waals surface area contributed by atoms with Crippen LogP contribution in [0.25, 0.3) is 0 Å². The van der Waals surface area contributed by atoms with E-state index >= 15 is 0 Å². The van der Waals surface area contributed by atoms with E-state index in [-0.39, 0.29) is 17.4 Å². The number of hydrogen-bond donors (Lipinski definition) is 2. The Morgan fingerprint density at radius 3 is 2.32 bits per heavy atom. The number of carbonyl (C=O) groups is 1. The molecule has 3 N–H and O–H groups in total. The highest BCUT2D eigenvalue weighted by Crippen LogP contribution is 2.33. The summed E-state index contributed by atoms with van der Waals surface area (Å²) < 4.78 is 0. The first-order valence-corrected chi connectivity index (χ1v) is 7.56. The Morgan fingerprint density at radius 1 is 1.32 bits per heavy atom. The zero-order chi connectivity index (χ0) is 14.5. The fourth-order valence-electron chi connectivity index (χ4n) is 3.09. The molecular weight excluding hydrogens is 238 g/mol. The number of nitrogens with two attached hydrogens (primary N) is 1. The first kappa shape index (κ1) is 16.4. The van der Waals surface area contributed by atoms with E-state index in [4.69, 9.17) is 5.73 Å². The summed E-state index contributed by atoms with van der Waals surface area (Å²) in [6, 6.07) is 0. The van der Waals surface area contributed by atoms with Gasteiger partial charge in [-0.15, -0.1) is 0 Å². The quantitative estimate of drug-likeness (QED) is 0.738. The molecule has 0 heterocycles. The molecule has 0 aromatic heterocycles. The SMILES string of the molecule is CC(C)CC(CN)C(=O)NCC1(N(C)C)CCCC1. The highest BCUT2D eigenvalue weighted by Gasteiger charge is 2.36.